The van der Waals surface area contributed by atoms with E-state index in [1.165, 1.54) is 34.7 Å². The summed E-state index contributed by atoms with van der Waals surface area (Å²) in [6, 6.07) is 10.7. The van der Waals surface area contributed by atoms with E-state index >= 15 is 0 Å². The van der Waals surface area contributed by atoms with Crippen LogP contribution in [-0.4, -0.2) is 27.3 Å². The number of rotatable bonds is 6. The van der Waals surface area contributed by atoms with Gasteiger partial charge < -0.3 is 10.1 Å². The number of aromatic nitrogens is 2. The quantitative estimate of drug-likeness (QED) is 0.630. The smallest absolute Gasteiger partial charge is 0.329 e. The molecule has 1 amide bonds. The number of hydrogen-bond acceptors (Lipinski definition) is 5. The Morgan fingerprint density at radius 1 is 1.17 bits per heavy atom. The summed E-state index contributed by atoms with van der Waals surface area (Å²) in [6.45, 7) is 5.13. The second-order valence-corrected chi connectivity index (χ2v) is 7.26. The minimum absolute atomic E-state index is 0.200. The Kier molecular flexibility index (Phi) is 6.25. The molecule has 156 valence electrons. The van der Waals surface area contributed by atoms with Crippen LogP contribution in [0.3, 0.4) is 0 Å². The molecule has 0 saturated heterocycles. The molecule has 1 atom stereocenters. The van der Waals surface area contributed by atoms with Crippen LogP contribution in [-0.2, 0) is 16.1 Å². The van der Waals surface area contributed by atoms with Gasteiger partial charge in [0.1, 0.15) is 24.1 Å². The fourth-order valence-corrected chi connectivity index (χ4v) is 3.00. The number of benzene rings is 1. The molecular weight excluding hydrogens is 389 g/mol. The zero-order valence-corrected chi connectivity index (χ0v) is 16.9. The van der Waals surface area contributed by atoms with Crippen molar-refractivity contribution in [1.29, 1.82) is 0 Å². The van der Waals surface area contributed by atoms with Crippen molar-refractivity contribution in [1.82, 2.24) is 14.7 Å². The van der Waals surface area contributed by atoms with Crippen LogP contribution in [0.25, 0.3) is 5.65 Å². The van der Waals surface area contributed by atoms with Crippen LogP contribution in [0, 0.1) is 18.7 Å². The lowest BCUT2D eigenvalue weighted by atomic mass is 10.0. The molecule has 30 heavy (non-hydrogen) atoms. The highest BCUT2D eigenvalue weighted by molar-refractivity contribution is 5.96. The average molecular weight is 411 g/mol. The number of esters is 1. The maximum Gasteiger partial charge on any atom is 0.329 e. The van der Waals surface area contributed by atoms with E-state index in [0.717, 1.165) is 5.69 Å². The van der Waals surface area contributed by atoms with E-state index in [4.69, 9.17) is 4.74 Å². The van der Waals surface area contributed by atoms with E-state index < -0.39 is 23.7 Å². The van der Waals surface area contributed by atoms with E-state index in [1.807, 2.05) is 0 Å². The van der Waals surface area contributed by atoms with Crippen LogP contribution in [0.5, 0.6) is 0 Å². The van der Waals surface area contributed by atoms with Crippen molar-refractivity contribution in [2.75, 3.05) is 0 Å². The third-order valence-electron chi connectivity index (χ3n) is 4.61. The van der Waals surface area contributed by atoms with Gasteiger partial charge in [0.05, 0.1) is 5.69 Å². The maximum absolute atomic E-state index is 13.0. The van der Waals surface area contributed by atoms with Gasteiger partial charge in [0.15, 0.2) is 0 Å². The van der Waals surface area contributed by atoms with Crippen molar-refractivity contribution in [2.24, 2.45) is 5.92 Å². The summed E-state index contributed by atoms with van der Waals surface area (Å²) < 4.78 is 19.8. The molecule has 0 fully saturated rings. The molecule has 0 aliphatic rings. The van der Waals surface area contributed by atoms with Gasteiger partial charge in [-0.15, -0.1) is 0 Å². The summed E-state index contributed by atoms with van der Waals surface area (Å²) in [5.74, 6) is -1.87. The van der Waals surface area contributed by atoms with E-state index in [2.05, 4.69) is 10.3 Å². The Morgan fingerprint density at radius 2 is 1.87 bits per heavy atom. The number of carbonyl (C=O) groups is 2. The number of ether oxygens (including phenoxy) is 1. The number of amides is 1. The highest BCUT2D eigenvalue weighted by Crippen LogP contribution is 2.10. The monoisotopic (exact) mass is 411 g/mol. The highest BCUT2D eigenvalue weighted by atomic mass is 19.1. The number of aryl methyl sites for hydroxylation is 1. The highest BCUT2D eigenvalue weighted by Gasteiger charge is 2.26. The molecule has 8 heteroatoms. The van der Waals surface area contributed by atoms with Gasteiger partial charge >= 0.3 is 5.97 Å². The van der Waals surface area contributed by atoms with Gasteiger partial charge in [-0.05, 0) is 49.2 Å². The molecule has 7 nitrogen and oxygen atoms in total. The number of fused-ring (bicyclic) bond motifs is 1. The zero-order valence-electron chi connectivity index (χ0n) is 16.9. The summed E-state index contributed by atoms with van der Waals surface area (Å²) in [6.07, 6.45) is 0. The molecule has 3 rings (SSSR count). The van der Waals surface area contributed by atoms with Gasteiger partial charge in [-0.25, -0.2) is 14.2 Å². The fourth-order valence-electron chi connectivity index (χ4n) is 3.00. The Hall–Kier alpha value is -3.55. The number of nitrogens with one attached hydrogen (secondary N) is 1. The summed E-state index contributed by atoms with van der Waals surface area (Å²) in [7, 11) is 0. The van der Waals surface area contributed by atoms with Crippen LogP contribution in [0.2, 0.25) is 0 Å². The van der Waals surface area contributed by atoms with Gasteiger partial charge in [-0.1, -0.05) is 19.9 Å². The molecule has 2 heterocycles. The first-order chi connectivity index (χ1) is 14.3. The summed E-state index contributed by atoms with van der Waals surface area (Å²) >= 11 is 0. The van der Waals surface area contributed by atoms with Crippen LogP contribution in [0.15, 0.2) is 53.3 Å². The molecule has 1 aromatic carbocycles. The molecular formula is C22H22FN3O4. The fraction of sp³-hybridized carbons (Fsp3) is 0.273. The lowest BCUT2D eigenvalue weighted by Crippen LogP contribution is -2.45. The molecule has 0 spiro atoms. The van der Waals surface area contributed by atoms with Crippen molar-refractivity contribution >= 4 is 17.5 Å². The van der Waals surface area contributed by atoms with Gasteiger partial charge in [0, 0.05) is 17.3 Å². The lowest BCUT2D eigenvalue weighted by Gasteiger charge is -2.21. The minimum atomic E-state index is -0.911. The molecule has 0 saturated carbocycles. The minimum Gasteiger partial charge on any atom is -0.458 e. The van der Waals surface area contributed by atoms with Crippen molar-refractivity contribution in [3.05, 3.63) is 81.7 Å². The van der Waals surface area contributed by atoms with Gasteiger partial charge in [-0.3, -0.25) is 14.0 Å². The molecule has 0 aliphatic carbocycles. The molecule has 0 radical (unpaired) electrons. The summed E-state index contributed by atoms with van der Waals surface area (Å²) in [5, 5.41) is 2.61. The SMILES string of the molecule is Cc1cccc2nc(COC(=O)[C@@H](NC(=O)c3ccc(F)cc3)C(C)C)cc(=O)n12. The predicted molar refractivity (Wildman–Crippen MR) is 108 cm³/mol. The normalized spacial score (nSPS) is 12.0. The Labute approximate surface area is 172 Å². The first kappa shape index (κ1) is 21.2. The molecule has 0 bridgehead atoms. The molecule has 0 aliphatic heterocycles. The maximum atomic E-state index is 13.0. The largest absolute Gasteiger partial charge is 0.458 e. The number of nitrogens with zero attached hydrogens (tertiary/aromatic N) is 2. The topological polar surface area (TPSA) is 89.8 Å². The zero-order chi connectivity index (χ0) is 21.8. The van der Waals surface area contributed by atoms with Crippen LogP contribution in [0.4, 0.5) is 4.39 Å². The third-order valence-corrected chi connectivity index (χ3v) is 4.61. The van der Waals surface area contributed by atoms with Crippen molar-refractivity contribution in [3.63, 3.8) is 0 Å². The second-order valence-electron chi connectivity index (χ2n) is 7.26. The van der Waals surface area contributed by atoms with Crippen molar-refractivity contribution in [2.45, 2.75) is 33.4 Å². The van der Waals surface area contributed by atoms with Gasteiger partial charge in [-0.2, -0.15) is 0 Å². The van der Waals surface area contributed by atoms with E-state index in [9.17, 15) is 18.8 Å². The standard InChI is InChI=1S/C22H22FN3O4/c1-13(2)20(25-21(28)15-7-9-16(23)10-8-15)22(29)30-12-17-11-19(27)26-14(3)5-4-6-18(26)24-17/h4-11,13,20H,12H2,1-3H3,(H,25,28)/t20-/m0/s1. The number of pyridine rings is 1. The molecule has 2 aromatic heterocycles. The Morgan fingerprint density at radius 3 is 2.53 bits per heavy atom. The van der Waals surface area contributed by atoms with Crippen molar-refractivity contribution < 1.29 is 18.7 Å². The number of hydrogen-bond donors (Lipinski definition) is 1. The third kappa shape index (κ3) is 4.71. The van der Waals surface area contributed by atoms with Crippen LogP contribution in [0.1, 0.15) is 35.6 Å². The summed E-state index contributed by atoms with van der Waals surface area (Å²) in [4.78, 5) is 41.6. The van der Waals surface area contributed by atoms with E-state index in [-0.39, 0.29) is 23.6 Å². The first-order valence-electron chi connectivity index (χ1n) is 9.47. The first-order valence-corrected chi connectivity index (χ1v) is 9.47. The van der Waals surface area contributed by atoms with E-state index in [0.29, 0.717) is 11.3 Å². The Balaban J connectivity index is 1.71. The molecule has 0 unspecified atom stereocenters. The molecule has 3 aromatic rings. The molecule has 1 N–H and O–H groups in total. The lowest BCUT2D eigenvalue weighted by molar-refractivity contribution is -0.148. The predicted octanol–water partition coefficient (Wildman–Crippen LogP) is 2.64. The Bertz CT molecular complexity index is 1140. The average Bonchev–Trinajstić information content (AvgIpc) is 2.70. The van der Waals surface area contributed by atoms with Gasteiger partial charge in [0.2, 0.25) is 0 Å². The van der Waals surface area contributed by atoms with Gasteiger partial charge in [0.25, 0.3) is 11.5 Å². The van der Waals surface area contributed by atoms with E-state index in [1.54, 1.807) is 39.0 Å². The number of carbonyl (C=O) groups excluding carboxylic acids is 2. The number of halogens is 1. The van der Waals surface area contributed by atoms with Crippen LogP contribution < -0.4 is 10.9 Å². The second kappa shape index (κ2) is 8.86. The van der Waals surface area contributed by atoms with Crippen LogP contribution >= 0.6 is 0 Å². The van der Waals surface area contributed by atoms with Crippen molar-refractivity contribution in [3.8, 4) is 0 Å². The summed E-state index contributed by atoms with van der Waals surface area (Å²) in [5.41, 5.74) is 1.48.